The predicted octanol–water partition coefficient (Wildman–Crippen LogP) is 5.43. The fourth-order valence-electron chi connectivity index (χ4n) is 2.73. The van der Waals surface area contributed by atoms with Gasteiger partial charge in [-0.15, -0.1) is 11.3 Å². The van der Waals surface area contributed by atoms with Crippen molar-refractivity contribution in [3.8, 4) is 0 Å². The molecule has 146 valence electrons. The number of hydrogen-bond donors (Lipinski definition) is 1. The maximum absolute atomic E-state index is 11.6. The minimum atomic E-state index is 0.579. The Morgan fingerprint density at radius 1 is 1.39 bits per heavy atom. The number of aliphatic imine (C=N–C) groups is 1. The zero-order valence-corrected chi connectivity index (χ0v) is 19.5. The Bertz CT molecular complexity index is 1040. The highest BCUT2D eigenvalue weighted by atomic mass is 79.9. The summed E-state index contributed by atoms with van der Waals surface area (Å²) in [5.41, 5.74) is 2.43. The van der Waals surface area contributed by atoms with E-state index in [1.807, 2.05) is 37.2 Å². The molecule has 9 heteroatoms. The van der Waals surface area contributed by atoms with Crippen LogP contribution >= 0.6 is 43.2 Å². The van der Waals surface area contributed by atoms with Crippen LogP contribution in [0.15, 0.2) is 49.8 Å². The van der Waals surface area contributed by atoms with E-state index in [9.17, 15) is 4.79 Å². The summed E-state index contributed by atoms with van der Waals surface area (Å²) in [6.07, 6.45) is 8.67. The minimum absolute atomic E-state index is 0.579. The van der Waals surface area contributed by atoms with Crippen LogP contribution in [0, 0.1) is 0 Å². The number of aromatic nitrogens is 1. The van der Waals surface area contributed by atoms with Crippen LogP contribution in [0.25, 0.3) is 10.2 Å². The summed E-state index contributed by atoms with van der Waals surface area (Å²) in [5, 5.41) is 4.09. The van der Waals surface area contributed by atoms with Gasteiger partial charge >= 0.3 is 0 Å². The molecule has 0 radical (unpaired) electrons. The largest absolute Gasteiger partial charge is 0.497 e. The SMILES string of the molecule is COC1=CCC(Br)=C(N=CNc2c(C=O)sc3nccc(N(C)C)c23)C(Br)=C1. The molecule has 0 aliphatic heterocycles. The molecular weight excluding hydrogens is 508 g/mol. The van der Waals surface area contributed by atoms with E-state index < -0.39 is 0 Å². The first-order valence-electron chi connectivity index (χ1n) is 8.29. The van der Waals surface area contributed by atoms with E-state index in [-0.39, 0.29) is 0 Å². The van der Waals surface area contributed by atoms with Gasteiger partial charge in [-0.3, -0.25) is 4.79 Å². The Morgan fingerprint density at radius 2 is 2.18 bits per heavy atom. The molecule has 0 aromatic carbocycles. The van der Waals surface area contributed by atoms with Gasteiger partial charge < -0.3 is 15.0 Å². The van der Waals surface area contributed by atoms with Crippen molar-refractivity contribution in [2.45, 2.75) is 6.42 Å². The van der Waals surface area contributed by atoms with Crippen molar-refractivity contribution in [1.29, 1.82) is 0 Å². The van der Waals surface area contributed by atoms with E-state index >= 15 is 0 Å². The number of aldehydes is 1. The number of rotatable bonds is 6. The minimum Gasteiger partial charge on any atom is -0.497 e. The van der Waals surface area contributed by atoms with Gasteiger partial charge in [-0.05, 0) is 34.1 Å². The molecule has 0 atom stereocenters. The van der Waals surface area contributed by atoms with E-state index in [2.05, 4.69) is 47.2 Å². The summed E-state index contributed by atoms with van der Waals surface area (Å²) < 4.78 is 7.02. The van der Waals surface area contributed by atoms with Gasteiger partial charge in [-0.25, -0.2) is 9.98 Å². The maximum atomic E-state index is 11.6. The van der Waals surface area contributed by atoms with E-state index in [1.165, 1.54) is 11.3 Å². The van der Waals surface area contributed by atoms with Crippen molar-refractivity contribution in [3.05, 3.63) is 49.7 Å². The average Bonchev–Trinajstić information content (AvgIpc) is 2.98. The first kappa shape index (κ1) is 20.8. The molecule has 28 heavy (non-hydrogen) atoms. The molecule has 0 saturated carbocycles. The highest BCUT2D eigenvalue weighted by molar-refractivity contribution is 9.12. The number of hydrogen-bond acceptors (Lipinski definition) is 6. The van der Waals surface area contributed by atoms with Crippen molar-refractivity contribution < 1.29 is 9.53 Å². The van der Waals surface area contributed by atoms with E-state index in [0.29, 0.717) is 17.0 Å². The van der Waals surface area contributed by atoms with Crippen LogP contribution in [-0.2, 0) is 4.74 Å². The Labute approximate surface area is 183 Å². The Balaban J connectivity index is 1.97. The zero-order chi connectivity index (χ0) is 20.3. The fourth-order valence-corrected chi connectivity index (χ4v) is 4.98. The summed E-state index contributed by atoms with van der Waals surface area (Å²) in [4.78, 5) is 23.9. The second-order valence-electron chi connectivity index (χ2n) is 6.03. The normalized spacial score (nSPS) is 14.8. The molecule has 1 aliphatic rings. The van der Waals surface area contributed by atoms with Gasteiger partial charge in [0.2, 0.25) is 0 Å². The lowest BCUT2D eigenvalue weighted by Crippen LogP contribution is -2.09. The molecule has 0 fully saturated rings. The third kappa shape index (κ3) is 4.21. The summed E-state index contributed by atoms with van der Waals surface area (Å²) in [6, 6.07) is 1.92. The summed E-state index contributed by atoms with van der Waals surface area (Å²) in [7, 11) is 5.55. The van der Waals surface area contributed by atoms with E-state index in [0.717, 1.165) is 42.6 Å². The van der Waals surface area contributed by atoms with Crippen molar-refractivity contribution in [1.82, 2.24) is 4.98 Å². The van der Waals surface area contributed by atoms with Gasteiger partial charge in [0.15, 0.2) is 6.29 Å². The first-order chi connectivity index (χ1) is 13.5. The lowest BCUT2D eigenvalue weighted by Gasteiger charge is -2.14. The molecule has 1 N–H and O–H groups in total. The van der Waals surface area contributed by atoms with Crippen molar-refractivity contribution in [2.24, 2.45) is 4.99 Å². The molecule has 0 bridgehead atoms. The number of halogens is 2. The number of ether oxygens (including phenoxy) is 1. The lowest BCUT2D eigenvalue weighted by atomic mass is 10.2. The van der Waals surface area contributed by atoms with Crippen LogP contribution < -0.4 is 10.2 Å². The number of methoxy groups -OCH3 is 1. The average molecular weight is 526 g/mol. The summed E-state index contributed by atoms with van der Waals surface area (Å²) in [6.45, 7) is 0. The maximum Gasteiger partial charge on any atom is 0.162 e. The summed E-state index contributed by atoms with van der Waals surface area (Å²) >= 11 is 8.47. The quantitative estimate of drug-likeness (QED) is 0.309. The van der Waals surface area contributed by atoms with Gasteiger partial charge in [0.05, 0.1) is 40.8 Å². The molecule has 0 amide bonds. The number of carbonyl (C=O) groups excluding carboxylic acids is 1. The smallest absolute Gasteiger partial charge is 0.162 e. The number of pyridine rings is 1. The van der Waals surface area contributed by atoms with Crippen molar-refractivity contribution in [3.63, 3.8) is 0 Å². The molecule has 2 aromatic rings. The van der Waals surface area contributed by atoms with Gasteiger partial charge in [0.1, 0.15) is 10.6 Å². The van der Waals surface area contributed by atoms with Crippen molar-refractivity contribution >= 4 is 77.4 Å². The third-order valence-electron chi connectivity index (χ3n) is 4.06. The number of nitrogens with one attached hydrogen (secondary N) is 1. The molecular formula is C19H18Br2N4O2S. The zero-order valence-electron chi connectivity index (χ0n) is 15.5. The van der Waals surface area contributed by atoms with Crippen molar-refractivity contribution in [2.75, 3.05) is 31.4 Å². The first-order valence-corrected chi connectivity index (χ1v) is 10.7. The van der Waals surface area contributed by atoms with E-state index in [1.54, 1.807) is 19.6 Å². The highest BCUT2D eigenvalue weighted by Gasteiger charge is 2.17. The molecule has 2 heterocycles. The van der Waals surface area contributed by atoms with Crippen LogP contribution in [0.1, 0.15) is 16.1 Å². The topological polar surface area (TPSA) is 66.8 Å². The molecule has 3 rings (SSSR count). The fraction of sp³-hybridized carbons (Fsp3) is 0.211. The molecule has 2 aromatic heterocycles. The van der Waals surface area contributed by atoms with Crippen LogP contribution in [0.4, 0.5) is 11.4 Å². The Morgan fingerprint density at radius 3 is 2.86 bits per heavy atom. The number of thiophene rings is 1. The monoisotopic (exact) mass is 524 g/mol. The molecule has 6 nitrogen and oxygen atoms in total. The highest BCUT2D eigenvalue weighted by Crippen LogP contribution is 2.39. The van der Waals surface area contributed by atoms with Crippen LogP contribution in [0.5, 0.6) is 0 Å². The molecule has 0 saturated heterocycles. The third-order valence-corrected chi connectivity index (χ3v) is 6.39. The van der Waals surface area contributed by atoms with Gasteiger partial charge in [-0.1, -0.05) is 15.9 Å². The molecule has 0 spiro atoms. The Kier molecular flexibility index (Phi) is 6.69. The summed E-state index contributed by atoms with van der Waals surface area (Å²) in [5.74, 6) is 0.760. The number of carbonyl (C=O) groups is 1. The Hall–Kier alpha value is -1.97. The van der Waals surface area contributed by atoms with Gasteiger partial charge in [0, 0.05) is 35.7 Å². The predicted molar refractivity (Wildman–Crippen MR) is 124 cm³/mol. The second-order valence-corrected chi connectivity index (χ2v) is 8.87. The molecule has 0 unspecified atom stereocenters. The van der Waals surface area contributed by atoms with Crippen LogP contribution in [0.3, 0.4) is 0 Å². The standard InChI is InChI=1S/C19H18Br2N4O2S/c1-25(2)14-6-7-22-19-16(14)18(15(9-26)28-19)24-10-23-17-12(20)5-4-11(27-3)8-13(17)21/h4,6-10H,5H2,1-3H3,(H,23,24). The molecule has 1 aliphatic carbocycles. The lowest BCUT2D eigenvalue weighted by molar-refractivity contribution is 0.112. The van der Waals surface area contributed by atoms with Gasteiger partial charge in [0.25, 0.3) is 0 Å². The second kappa shape index (κ2) is 9.02. The van der Waals surface area contributed by atoms with Crippen LogP contribution in [-0.4, -0.2) is 38.8 Å². The van der Waals surface area contributed by atoms with Gasteiger partial charge in [-0.2, -0.15) is 0 Å². The number of nitrogens with zero attached hydrogens (tertiary/aromatic N) is 3. The number of anilines is 2. The number of fused-ring (bicyclic) bond motifs is 1. The van der Waals surface area contributed by atoms with E-state index in [4.69, 9.17) is 4.74 Å². The van der Waals surface area contributed by atoms with Crippen LogP contribution in [0.2, 0.25) is 0 Å². The number of allylic oxidation sites excluding steroid dienone is 4.